The van der Waals surface area contributed by atoms with E-state index in [1.807, 2.05) is 38.1 Å². The van der Waals surface area contributed by atoms with Gasteiger partial charge in [0, 0.05) is 60.6 Å². The number of aromatic hydroxyl groups is 4. The Morgan fingerprint density at radius 2 is 0.708 bits per heavy atom. The van der Waals surface area contributed by atoms with Crippen molar-refractivity contribution in [3.63, 3.8) is 0 Å². The van der Waals surface area contributed by atoms with Gasteiger partial charge in [0.2, 0.25) is 0 Å². The van der Waals surface area contributed by atoms with Crippen molar-refractivity contribution in [2.75, 3.05) is 12.5 Å². The van der Waals surface area contributed by atoms with Gasteiger partial charge in [0.1, 0.15) is 23.1 Å². The predicted octanol–water partition coefficient (Wildman–Crippen LogP) is 18.3. The summed E-state index contributed by atoms with van der Waals surface area (Å²) in [5.74, 6) is 0.552. The number of rotatable bonds is 12. The molecule has 0 aliphatic carbocycles. The first kappa shape index (κ1) is 61.8. The van der Waals surface area contributed by atoms with E-state index in [4.69, 9.17) is 9.47 Å². The van der Waals surface area contributed by atoms with E-state index in [1.165, 1.54) is 46.5 Å². The van der Waals surface area contributed by atoms with Gasteiger partial charge in [0.15, 0.2) is 12.5 Å². The van der Waals surface area contributed by atoms with Crippen molar-refractivity contribution in [2.24, 2.45) is 0 Å². The molecule has 0 heterocycles. The molecule has 388 valence electrons. The summed E-state index contributed by atoms with van der Waals surface area (Å²) in [5.41, 5.74) is 11.9. The summed E-state index contributed by atoms with van der Waals surface area (Å²) < 4.78 is 41.6. The second-order valence-electron chi connectivity index (χ2n) is 24.5. The van der Waals surface area contributed by atoms with Crippen molar-refractivity contribution >= 4 is 8.07 Å². The van der Waals surface area contributed by atoms with Gasteiger partial charge in [-0.3, -0.25) is 0 Å². The fourth-order valence-corrected chi connectivity index (χ4v) is 13.2. The normalized spacial score (nSPS) is 12.3. The molecule has 4 nitrogen and oxygen atoms in total. The zero-order valence-electron chi connectivity index (χ0n) is 47.4. The van der Waals surface area contributed by atoms with E-state index in [2.05, 4.69) is 147 Å². The van der Waals surface area contributed by atoms with Gasteiger partial charge < -0.3 is 34.5 Å². The van der Waals surface area contributed by atoms with Crippen LogP contribution in [0.5, 0.6) is 23.0 Å². The van der Waals surface area contributed by atoms with Crippen molar-refractivity contribution in [3.8, 4) is 67.5 Å². The molecule has 72 heavy (non-hydrogen) atoms. The molecular formula is C64H86F2O4SiZr. The van der Waals surface area contributed by atoms with Crippen LogP contribution in [0.4, 0.5) is 8.78 Å². The van der Waals surface area contributed by atoms with Crippen LogP contribution >= 0.6 is 0 Å². The van der Waals surface area contributed by atoms with Crippen molar-refractivity contribution in [2.45, 2.75) is 157 Å². The van der Waals surface area contributed by atoms with Gasteiger partial charge in [0.25, 0.3) is 19.6 Å². The number of halogens is 2. The van der Waals surface area contributed by atoms with Gasteiger partial charge >= 0.3 is 0 Å². The van der Waals surface area contributed by atoms with Crippen LogP contribution in [-0.4, -0.2) is 40.2 Å². The molecule has 0 aliphatic rings. The zero-order chi connectivity index (χ0) is 51.3. The van der Waals surface area contributed by atoms with Gasteiger partial charge in [0.05, 0.1) is 11.1 Å². The topological polar surface area (TPSA) is 66.1 Å². The molecular weight excluding hydrogens is 990 g/mol. The summed E-state index contributed by atoms with van der Waals surface area (Å²) in [4.78, 5) is 0. The maximum absolute atomic E-state index is 15.4. The summed E-state index contributed by atoms with van der Waals surface area (Å²) in [6, 6.07) is 30.3. The molecule has 0 saturated carbocycles. The molecule has 4 N–H and O–H groups in total. The molecule has 0 bridgehead atoms. The van der Waals surface area contributed by atoms with Crippen LogP contribution in [0, 0.1) is 40.3 Å². The van der Waals surface area contributed by atoms with Gasteiger partial charge in [-0.25, -0.2) is 8.78 Å². The number of hydrogen-bond acceptors (Lipinski definition) is 2. The number of aliphatic hydroxyl groups is 2. The summed E-state index contributed by atoms with van der Waals surface area (Å²) in [7, 11) is -2.51. The van der Waals surface area contributed by atoms with Crippen molar-refractivity contribution < 1.29 is 54.7 Å². The third-order valence-electron chi connectivity index (χ3n) is 14.3. The second-order valence-corrected chi connectivity index (χ2v) is 29.9. The first-order valence-corrected chi connectivity index (χ1v) is 27.3. The van der Waals surface area contributed by atoms with Gasteiger partial charge in [-0.15, -0.1) is 0 Å². The SMILES string of the molecule is Cc1cc(-c2cc(C(C)(C)C)cc(C(C)(C)C)c2)c(O)c(-c2cc(F)ccc2[OH+]C[Si](C[OH+]c2ccc(F)cc2-c2cc(C)cc(-c3cc(C(C)(C)C)cc(C(C)(C)C)c3)c2O)(C(C)C)C(C)C)c1.[CH3-].[CH3-].[Zr]. The monoisotopic (exact) mass is 1070 g/mol. The van der Waals surface area contributed by atoms with E-state index < -0.39 is 19.7 Å². The number of aryl methyl sites for hydroxylation is 2. The Labute approximate surface area is 454 Å². The zero-order valence-corrected chi connectivity index (χ0v) is 50.8. The minimum atomic E-state index is -2.51. The first-order chi connectivity index (χ1) is 31.8. The maximum atomic E-state index is 15.4. The Morgan fingerprint density at radius 1 is 0.431 bits per heavy atom. The van der Waals surface area contributed by atoms with E-state index in [9.17, 15) is 10.2 Å². The van der Waals surface area contributed by atoms with Crippen LogP contribution in [0.3, 0.4) is 0 Å². The Balaban J connectivity index is 0.00000456. The van der Waals surface area contributed by atoms with Gasteiger partial charge in [-0.05, 0) is 140 Å². The van der Waals surface area contributed by atoms with Gasteiger partial charge in [-0.1, -0.05) is 147 Å². The first-order valence-electron chi connectivity index (χ1n) is 24.7. The van der Waals surface area contributed by atoms with Crippen molar-refractivity contribution in [1.82, 2.24) is 0 Å². The molecule has 6 aromatic carbocycles. The van der Waals surface area contributed by atoms with E-state index in [-0.39, 0.29) is 85.3 Å². The molecule has 0 aromatic heterocycles. The van der Waals surface area contributed by atoms with Crippen molar-refractivity contribution in [1.29, 1.82) is 0 Å². The van der Waals surface area contributed by atoms with Crippen LogP contribution < -0.4 is 0 Å². The average Bonchev–Trinajstić information content (AvgIpc) is 3.24. The number of hydrogen-bond donors (Lipinski definition) is 2. The average molecular weight is 1080 g/mol. The van der Waals surface area contributed by atoms with Crippen molar-refractivity contribution in [3.05, 3.63) is 157 Å². The van der Waals surface area contributed by atoms with Crippen LogP contribution in [0.2, 0.25) is 11.1 Å². The summed E-state index contributed by atoms with van der Waals surface area (Å²) >= 11 is 0. The van der Waals surface area contributed by atoms with Crippen LogP contribution in [-0.2, 0) is 47.9 Å². The summed E-state index contributed by atoms with van der Waals surface area (Å²) in [6.45, 7) is 39.3. The molecule has 0 aliphatic heterocycles. The van der Waals surface area contributed by atoms with E-state index in [0.717, 1.165) is 22.3 Å². The fourth-order valence-electron chi connectivity index (χ4n) is 9.34. The van der Waals surface area contributed by atoms with Crippen LogP contribution in [0.15, 0.2) is 97.1 Å². The Bertz CT molecular complexity index is 2590. The minimum absolute atomic E-state index is 0. The summed E-state index contributed by atoms with van der Waals surface area (Å²) in [6.07, 6.45) is 0.978. The van der Waals surface area contributed by atoms with Crippen LogP contribution in [0.1, 0.15) is 144 Å². The maximum Gasteiger partial charge on any atom is 0.267 e. The fraction of sp³-hybridized carbons (Fsp3) is 0.406. The minimum Gasteiger partial charge on any atom is -0.585 e. The molecule has 0 saturated heterocycles. The molecule has 0 fully saturated rings. The van der Waals surface area contributed by atoms with E-state index >= 15 is 8.78 Å². The molecule has 0 spiro atoms. The Hall–Kier alpha value is -4.52. The molecule has 6 aromatic rings. The number of benzene rings is 6. The van der Waals surface area contributed by atoms with Crippen LogP contribution in [0.25, 0.3) is 44.5 Å². The van der Waals surface area contributed by atoms with Gasteiger partial charge in [-0.2, -0.15) is 0 Å². The molecule has 0 atom stereocenters. The largest absolute Gasteiger partial charge is 0.585 e. The second kappa shape index (κ2) is 22.9. The number of phenols is 2. The Morgan fingerprint density at radius 3 is 0.972 bits per heavy atom. The Kier molecular flexibility index (Phi) is 19.7. The quantitative estimate of drug-likeness (QED) is 0.0729. The summed E-state index contributed by atoms with van der Waals surface area (Å²) in [5, 5.41) is 24.5. The van der Waals surface area contributed by atoms with E-state index in [1.54, 1.807) is 12.1 Å². The molecule has 0 unspecified atom stereocenters. The number of ether oxygens (including phenoxy) is 2. The predicted molar refractivity (Wildman–Crippen MR) is 304 cm³/mol. The molecule has 0 radical (unpaired) electrons. The standard InChI is InChI=1S/C62H78F2O4Si.2CH3.Zr/c1-37(2)69(38(3)4,35-67-55-21-19-47(63)33-51(55)53-25-39(5)23-49(57(53)65)41-27-43(59(7,8)9)31-44(28-41)60(10,11)12)36-68-56-22-20-48(64)34-52(56)54-26-40(6)24-50(58(54)66)42-29-45(61(13,14)15)32-46(30-42)62(16,17)18;;;/h19-34,37-38,65-66H,35-36H2,1-18H3;2*1H3;/q;2*-1;/p+2. The van der Waals surface area contributed by atoms with E-state index in [0.29, 0.717) is 57.3 Å². The third-order valence-corrected chi connectivity index (χ3v) is 20.4. The smallest absolute Gasteiger partial charge is 0.267 e. The molecule has 0 amide bonds. The molecule has 8 heteroatoms. The third kappa shape index (κ3) is 13.6. The molecule has 6 rings (SSSR count). The number of phenolic OH excluding ortho intramolecular Hbond substituents is 2.